The van der Waals surface area contributed by atoms with Crippen molar-refractivity contribution < 1.29 is 27.2 Å². The average Bonchev–Trinajstić information content (AvgIpc) is 3.34. The van der Waals surface area contributed by atoms with Crippen LogP contribution in [-0.2, 0) is 16.0 Å². The summed E-state index contributed by atoms with van der Waals surface area (Å²) in [5.74, 6) is -0.203. The van der Waals surface area contributed by atoms with Crippen LogP contribution in [0.4, 0.5) is 13.2 Å². The van der Waals surface area contributed by atoms with Gasteiger partial charge in [-0.1, -0.05) is 11.6 Å². The summed E-state index contributed by atoms with van der Waals surface area (Å²) in [5, 5.41) is 2.45. The number of nitrogens with one attached hydrogen (secondary N) is 1. The average molecular weight is 430 g/mol. The molecule has 1 unspecified atom stereocenters. The molecular formula is C19H19ClF3N3O3. The first kappa shape index (κ1) is 21.2. The molecule has 0 saturated carbocycles. The Morgan fingerprint density at radius 3 is 2.69 bits per heavy atom. The number of rotatable bonds is 6. The van der Waals surface area contributed by atoms with Crippen molar-refractivity contribution in [2.75, 3.05) is 13.1 Å². The van der Waals surface area contributed by atoms with Crippen LogP contribution in [0.1, 0.15) is 25.2 Å². The lowest BCUT2D eigenvalue weighted by Gasteiger charge is -2.24. The largest absolute Gasteiger partial charge is 0.441 e. The number of aromatic nitrogens is 1. The minimum atomic E-state index is -4.49. The molecule has 1 aromatic heterocycles. The van der Waals surface area contributed by atoms with Crippen molar-refractivity contribution in [2.45, 2.75) is 37.9 Å². The second kappa shape index (κ2) is 8.86. The maximum Gasteiger partial charge on any atom is 0.405 e. The predicted octanol–water partition coefficient (Wildman–Crippen LogP) is 3.60. The molecule has 1 fully saturated rings. The predicted molar refractivity (Wildman–Crippen MR) is 99.1 cm³/mol. The lowest BCUT2D eigenvalue weighted by molar-refractivity contribution is -0.144. The smallest absolute Gasteiger partial charge is 0.405 e. The summed E-state index contributed by atoms with van der Waals surface area (Å²) in [6, 6.07) is 6.14. The molecule has 1 aromatic carbocycles. The van der Waals surface area contributed by atoms with E-state index in [2.05, 4.69) is 4.98 Å². The van der Waals surface area contributed by atoms with Crippen LogP contribution in [0.25, 0.3) is 11.3 Å². The molecule has 1 saturated heterocycles. The van der Waals surface area contributed by atoms with Gasteiger partial charge in [-0.05, 0) is 37.1 Å². The summed E-state index contributed by atoms with van der Waals surface area (Å²) in [4.78, 5) is 30.0. The molecule has 156 valence electrons. The Morgan fingerprint density at radius 1 is 1.28 bits per heavy atom. The summed E-state index contributed by atoms with van der Waals surface area (Å²) in [6.45, 7) is -1.07. The lowest BCUT2D eigenvalue weighted by Crippen LogP contribution is -2.48. The SMILES string of the molecule is O=C(NCC(F)(F)F)C1CCCN1C(=O)CCc1ncc(-c2ccc(Cl)cc2)o1. The fourth-order valence-corrected chi connectivity index (χ4v) is 3.30. The Kier molecular flexibility index (Phi) is 6.46. The molecule has 1 atom stereocenters. The number of alkyl halides is 3. The number of halogens is 4. The Hall–Kier alpha value is -2.55. The summed E-state index contributed by atoms with van der Waals surface area (Å²) in [6.07, 6.45) is -1.77. The van der Waals surface area contributed by atoms with E-state index in [0.29, 0.717) is 36.1 Å². The third-order valence-corrected chi connectivity index (χ3v) is 4.83. The van der Waals surface area contributed by atoms with Crippen molar-refractivity contribution in [1.82, 2.24) is 15.2 Å². The van der Waals surface area contributed by atoms with Crippen LogP contribution < -0.4 is 5.32 Å². The van der Waals surface area contributed by atoms with Crippen LogP contribution in [0.2, 0.25) is 5.02 Å². The summed E-state index contributed by atoms with van der Waals surface area (Å²) in [5.41, 5.74) is 0.792. The Balaban J connectivity index is 1.54. The molecule has 2 aromatic rings. The molecule has 0 aliphatic carbocycles. The molecule has 1 aliphatic rings. The van der Waals surface area contributed by atoms with Gasteiger partial charge in [0.2, 0.25) is 11.8 Å². The van der Waals surface area contributed by atoms with Crippen molar-refractivity contribution in [2.24, 2.45) is 0 Å². The fourth-order valence-electron chi connectivity index (χ4n) is 3.17. The number of amides is 2. The highest BCUT2D eigenvalue weighted by atomic mass is 35.5. The molecule has 0 radical (unpaired) electrons. The molecule has 6 nitrogen and oxygen atoms in total. The second-order valence-corrected chi connectivity index (χ2v) is 7.14. The Labute approximate surface area is 170 Å². The van der Waals surface area contributed by atoms with Gasteiger partial charge in [-0.25, -0.2) is 4.98 Å². The van der Waals surface area contributed by atoms with Gasteiger partial charge in [0.25, 0.3) is 0 Å². The van der Waals surface area contributed by atoms with Crippen LogP contribution in [0.5, 0.6) is 0 Å². The molecular weight excluding hydrogens is 411 g/mol. The first-order chi connectivity index (χ1) is 13.7. The van der Waals surface area contributed by atoms with Gasteiger partial charge in [0, 0.05) is 30.0 Å². The molecule has 1 aliphatic heterocycles. The number of hydrogen-bond acceptors (Lipinski definition) is 4. The molecule has 0 spiro atoms. The highest BCUT2D eigenvalue weighted by Gasteiger charge is 2.36. The summed E-state index contributed by atoms with van der Waals surface area (Å²) >= 11 is 5.85. The highest BCUT2D eigenvalue weighted by molar-refractivity contribution is 6.30. The zero-order valence-electron chi connectivity index (χ0n) is 15.3. The Bertz CT molecular complexity index is 868. The van der Waals surface area contributed by atoms with Gasteiger partial charge >= 0.3 is 6.18 Å². The number of hydrogen-bond donors (Lipinski definition) is 1. The molecule has 2 amide bonds. The number of carbonyl (C=O) groups is 2. The lowest BCUT2D eigenvalue weighted by atomic mass is 10.2. The van der Waals surface area contributed by atoms with Crippen LogP contribution in [0.15, 0.2) is 34.9 Å². The number of nitrogens with zero attached hydrogens (tertiary/aromatic N) is 2. The van der Waals surface area contributed by atoms with Crippen LogP contribution in [0.3, 0.4) is 0 Å². The minimum absolute atomic E-state index is 0.0453. The maximum absolute atomic E-state index is 12.5. The van der Waals surface area contributed by atoms with Crippen LogP contribution >= 0.6 is 11.6 Å². The molecule has 10 heteroatoms. The van der Waals surface area contributed by atoms with E-state index < -0.39 is 24.7 Å². The van der Waals surface area contributed by atoms with E-state index in [0.717, 1.165) is 5.56 Å². The standard InChI is InChI=1S/C19H19ClF3N3O3/c20-13-5-3-12(4-6-13)15-10-24-16(29-15)7-8-17(27)26-9-1-2-14(26)18(28)25-11-19(21,22)23/h3-6,10,14H,1-2,7-9,11H2,(H,25,28). The second-order valence-electron chi connectivity index (χ2n) is 6.70. The molecule has 2 heterocycles. The topological polar surface area (TPSA) is 75.4 Å². The van der Waals surface area contributed by atoms with Gasteiger partial charge < -0.3 is 14.6 Å². The van der Waals surface area contributed by atoms with Crippen molar-refractivity contribution in [3.8, 4) is 11.3 Å². The number of aryl methyl sites for hydroxylation is 1. The van der Waals surface area contributed by atoms with Crippen LogP contribution in [0, 0.1) is 0 Å². The van der Waals surface area contributed by atoms with E-state index in [-0.39, 0.29) is 18.7 Å². The normalized spacial score (nSPS) is 16.8. The van der Waals surface area contributed by atoms with Crippen molar-refractivity contribution in [1.29, 1.82) is 0 Å². The molecule has 29 heavy (non-hydrogen) atoms. The van der Waals surface area contributed by atoms with Gasteiger partial charge in [0.05, 0.1) is 6.20 Å². The number of likely N-dealkylation sites (tertiary alicyclic amines) is 1. The van der Waals surface area contributed by atoms with Gasteiger partial charge in [0.15, 0.2) is 11.7 Å². The zero-order chi connectivity index (χ0) is 21.0. The molecule has 3 rings (SSSR count). The number of carbonyl (C=O) groups excluding carboxylic acids is 2. The molecule has 1 N–H and O–H groups in total. The van der Waals surface area contributed by atoms with Crippen molar-refractivity contribution in [3.05, 3.63) is 41.4 Å². The van der Waals surface area contributed by atoms with E-state index in [1.165, 1.54) is 4.90 Å². The summed E-state index contributed by atoms with van der Waals surface area (Å²) < 4.78 is 42.5. The fraction of sp³-hybridized carbons (Fsp3) is 0.421. The third-order valence-electron chi connectivity index (χ3n) is 4.57. The molecule has 0 bridgehead atoms. The monoisotopic (exact) mass is 429 g/mol. The van der Waals surface area contributed by atoms with Gasteiger partial charge in [-0.3, -0.25) is 9.59 Å². The van der Waals surface area contributed by atoms with Crippen molar-refractivity contribution >= 4 is 23.4 Å². The van der Waals surface area contributed by atoms with Gasteiger partial charge in [0.1, 0.15) is 12.6 Å². The van der Waals surface area contributed by atoms with E-state index >= 15 is 0 Å². The summed E-state index contributed by atoms with van der Waals surface area (Å²) in [7, 11) is 0. The number of oxazole rings is 1. The van der Waals surface area contributed by atoms with E-state index in [1.54, 1.807) is 30.5 Å². The zero-order valence-corrected chi connectivity index (χ0v) is 16.1. The van der Waals surface area contributed by atoms with Crippen LogP contribution in [-0.4, -0.2) is 47.0 Å². The first-order valence-electron chi connectivity index (χ1n) is 9.07. The van der Waals surface area contributed by atoms with E-state index in [4.69, 9.17) is 16.0 Å². The maximum atomic E-state index is 12.5. The highest BCUT2D eigenvalue weighted by Crippen LogP contribution is 2.24. The third kappa shape index (κ3) is 5.72. The van der Waals surface area contributed by atoms with E-state index in [9.17, 15) is 22.8 Å². The Morgan fingerprint density at radius 2 is 2.00 bits per heavy atom. The quantitative estimate of drug-likeness (QED) is 0.761. The van der Waals surface area contributed by atoms with E-state index in [1.807, 2.05) is 5.32 Å². The number of benzene rings is 1. The van der Waals surface area contributed by atoms with Gasteiger partial charge in [-0.15, -0.1) is 0 Å². The van der Waals surface area contributed by atoms with Gasteiger partial charge in [-0.2, -0.15) is 13.2 Å². The first-order valence-corrected chi connectivity index (χ1v) is 9.45. The minimum Gasteiger partial charge on any atom is -0.441 e. The van der Waals surface area contributed by atoms with Crippen molar-refractivity contribution in [3.63, 3.8) is 0 Å².